The molecule has 0 atom stereocenters. The molecule has 0 aliphatic rings. The van der Waals surface area contributed by atoms with Gasteiger partial charge in [0, 0.05) is 16.8 Å². The fourth-order valence-electron chi connectivity index (χ4n) is 3.35. The van der Waals surface area contributed by atoms with Crippen LogP contribution < -0.4 is 10.5 Å². The van der Waals surface area contributed by atoms with Gasteiger partial charge < -0.3 is 15.6 Å². The van der Waals surface area contributed by atoms with Crippen molar-refractivity contribution in [3.8, 4) is 16.9 Å². The highest BCUT2D eigenvalue weighted by Gasteiger charge is 2.16. The number of benzene rings is 4. The fourth-order valence-corrected chi connectivity index (χ4v) is 3.35. The van der Waals surface area contributed by atoms with Crippen LogP contribution in [0.4, 0.5) is 5.69 Å². The van der Waals surface area contributed by atoms with Crippen LogP contribution in [0.3, 0.4) is 0 Å². The third kappa shape index (κ3) is 2.69. The van der Waals surface area contributed by atoms with Crippen molar-refractivity contribution in [3.05, 3.63) is 72.8 Å². The van der Waals surface area contributed by atoms with E-state index in [4.69, 9.17) is 10.5 Å². The minimum absolute atomic E-state index is 0.0305. The van der Waals surface area contributed by atoms with E-state index in [1.165, 1.54) is 0 Å². The lowest BCUT2D eigenvalue weighted by molar-refractivity contribution is 0.202. The van der Waals surface area contributed by atoms with Crippen molar-refractivity contribution < 1.29 is 9.84 Å². The van der Waals surface area contributed by atoms with E-state index in [0.29, 0.717) is 5.69 Å². The second kappa shape index (κ2) is 6.46. The first kappa shape index (κ1) is 15.5. The maximum Gasteiger partial charge on any atom is 0.127 e. The van der Waals surface area contributed by atoms with Gasteiger partial charge in [-0.15, -0.1) is 0 Å². The minimum atomic E-state index is -0.0305. The van der Waals surface area contributed by atoms with Gasteiger partial charge in [0.05, 0.1) is 6.61 Å². The first-order valence-electron chi connectivity index (χ1n) is 8.32. The molecule has 124 valence electrons. The monoisotopic (exact) mass is 329 g/mol. The van der Waals surface area contributed by atoms with Gasteiger partial charge in [0.2, 0.25) is 0 Å². The summed E-state index contributed by atoms with van der Waals surface area (Å²) in [5.41, 5.74) is 9.06. The quantitative estimate of drug-likeness (QED) is 0.537. The van der Waals surface area contributed by atoms with Gasteiger partial charge in [-0.05, 0) is 33.7 Å². The highest BCUT2D eigenvalue weighted by molar-refractivity contribution is 6.11. The standard InChI is InChI=1S/C22H19NO2/c23-19-11-9-15-5-1-3-7-17(15)21(19)22-18-8-4-2-6-16(18)10-12-20(22)25-14-13-24/h1-12,24H,13-14,23H2. The van der Waals surface area contributed by atoms with E-state index in [9.17, 15) is 5.11 Å². The second-order valence-corrected chi connectivity index (χ2v) is 5.98. The summed E-state index contributed by atoms with van der Waals surface area (Å²) in [6.07, 6.45) is 0. The Labute approximate surface area is 146 Å². The van der Waals surface area contributed by atoms with Crippen molar-refractivity contribution in [2.45, 2.75) is 0 Å². The molecule has 0 radical (unpaired) electrons. The lowest BCUT2D eigenvalue weighted by Crippen LogP contribution is -2.04. The van der Waals surface area contributed by atoms with Crippen molar-refractivity contribution in [2.75, 3.05) is 18.9 Å². The van der Waals surface area contributed by atoms with Gasteiger partial charge in [0.1, 0.15) is 12.4 Å². The number of aliphatic hydroxyl groups is 1. The number of aliphatic hydroxyl groups excluding tert-OH is 1. The van der Waals surface area contributed by atoms with Crippen LogP contribution in [0.2, 0.25) is 0 Å². The molecule has 0 saturated heterocycles. The number of nitrogens with two attached hydrogens (primary N) is 1. The molecule has 0 spiro atoms. The van der Waals surface area contributed by atoms with E-state index >= 15 is 0 Å². The maximum atomic E-state index is 9.18. The van der Waals surface area contributed by atoms with Gasteiger partial charge in [-0.3, -0.25) is 0 Å². The largest absolute Gasteiger partial charge is 0.491 e. The zero-order chi connectivity index (χ0) is 17.2. The van der Waals surface area contributed by atoms with Crippen LogP contribution in [-0.2, 0) is 0 Å². The molecule has 0 fully saturated rings. The van der Waals surface area contributed by atoms with Crippen LogP contribution >= 0.6 is 0 Å². The molecule has 0 bridgehead atoms. The van der Waals surface area contributed by atoms with Crippen LogP contribution in [0.5, 0.6) is 5.75 Å². The molecule has 25 heavy (non-hydrogen) atoms. The highest BCUT2D eigenvalue weighted by Crippen LogP contribution is 2.43. The summed E-state index contributed by atoms with van der Waals surface area (Å²) in [6, 6.07) is 24.4. The van der Waals surface area contributed by atoms with Crippen LogP contribution in [0.15, 0.2) is 72.8 Å². The predicted molar refractivity (Wildman–Crippen MR) is 104 cm³/mol. The Kier molecular flexibility index (Phi) is 4.00. The molecule has 4 aromatic carbocycles. The zero-order valence-corrected chi connectivity index (χ0v) is 13.8. The second-order valence-electron chi connectivity index (χ2n) is 5.98. The van der Waals surface area contributed by atoms with E-state index in [0.717, 1.165) is 38.4 Å². The van der Waals surface area contributed by atoms with Crippen LogP contribution in [-0.4, -0.2) is 18.3 Å². The van der Waals surface area contributed by atoms with E-state index in [1.54, 1.807) is 0 Å². The number of nitrogen functional groups attached to an aromatic ring is 1. The molecule has 3 heteroatoms. The molecule has 0 aromatic heterocycles. The molecule has 0 amide bonds. The minimum Gasteiger partial charge on any atom is -0.491 e. The summed E-state index contributed by atoms with van der Waals surface area (Å²) in [7, 11) is 0. The molecule has 0 unspecified atom stereocenters. The molecule has 0 aliphatic carbocycles. The lowest BCUT2D eigenvalue weighted by atomic mass is 9.92. The third-order valence-corrected chi connectivity index (χ3v) is 4.45. The summed E-state index contributed by atoms with van der Waals surface area (Å²) < 4.78 is 5.85. The number of rotatable bonds is 4. The van der Waals surface area contributed by atoms with Gasteiger partial charge in [-0.25, -0.2) is 0 Å². The van der Waals surface area contributed by atoms with Gasteiger partial charge in [-0.2, -0.15) is 0 Å². The molecule has 4 rings (SSSR count). The molecule has 3 N–H and O–H groups in total. The molecular weight excluding hydrogens is 310 g/mol. The van der Waals surface area contributed by atoms with E-state index in [1.807, 2.05) is 48.5 Å². The van der Waals surface area contributed by atoms with E-state index < -0.39 is 0 Å². The SMILES string of the molecule is Nc1ccc2ccccc2c1-c1c(OCCO)ccc2ccccc12. The number of anilines is 1. The zero-order valence-electron chi connectivity index (χ0n) is 13.8. The number of fused-ring (bicyclic) bond motifs is 2. The van der Waals surface area contributed by atoms with Crippen LogP contribution in [0.1, 0.15) is 0 Å². The smallest absolute Gasteiger partial charge is 0.127 e. The molecule has 3 nitrogen and oxygen atoms in total. The van der Waals surface area contributed by atoms with Crippen molar-refractivity contribution in [1.29, 1.82) is 0 Å². The van der Waals surface area contributed by atoms with E-state index in [-0.39, 0.29) is 13.2 Å². The van der Waals surface area contributed by atoms with Gasteiger partial charge in [0.25, 0.3) is 0 Å². The summed E-state index contributed by atoms with van der Waals surface area (Å²) in [5.74, 6) is 0.732. The molecular formula is C22H19NO2. The maximum absolute atomic E-state index is 9.18. The molecule has 0 aliphatic heterocycles. The Morgan fingerprint density at radius 2 is 1.32 bits per heavy atom. The molecule has 0 heterocycles. The van der Waals surface area contributed by atoms with E-state index in [2.05, 4.69) is 24.3 Å². The Morgan fingerprint density at radius 3 is 2.00 bits per heavy atom. The summed E-state index contributed by atoms with van der Waals surface area (Å²) in [6.45, 7) is 0.216. The molecule has 0 saturated carbocycles. The van der Waals surface area contributed by atoms with Crippen LogP contribution in [0, 0.1) is 0 Å². The number of ether oxygens (including phenoxy) is 1. The van der Waals surface area contributed by atoms with Gasteiger partial charge >= 0.3 is 0 Å². The van der Waals surface area contributed by atoms with Crippen LogP contribution in [0.25, 0.3) is 32.7 Å². The van der Waals surface area contributed by atoms with Crippen molar-refractivity contribution in [1.82, 2.24) is 0 Å². The Hall–Kier alpha value is -3.04. The summed E-state index contributed by atoms with van der Waals surface area (Å²) >= 11 is 0. The van der Waals surface area contributed by atoms with Crippen molar-refractivity contribution in [2.24, 2.45) is 0 Å². The predicted octanol–water partition coefficient (Wildman–Crippen LogP) is 4.61. The normalized spacial score (nSPS) is 11.1. The fraction of sp³-hybridized carbons (Fsp3) is 0.0909. The summed E-state index contributed by atoms with van der Waals surface area (Å²) in [5, 5.41) is 13.6. The first-order chi connectivity index (χ1) is 12.3. The topological polar surface area (TPSA) is 55.5 Å². The third-order valence-electron chi connectivity index (χ3n) is 4.45. The lowest BCUT2D eigenvalue weighted by Gasteiger charge is -2.17. The first-order valence-corrected chi connectivity index (χ1v) is 8.32. The Morgan fingerprint density at radius 1 is 0.720 bits per heavy atom. The Balaban J connectivity index is 2.11. The average molecular weight is 329 g/mol. The van der Waals surface area contributed by atoms with Crippen molar-refractivity contribution in [3.63, 3.8) is 0 Å². The molecule has 4 aromatic rings. The van der Waals surface area contributed by atoms with Gasteiger partial charge in [-0.1, -0.05) is 60.7 Å². The van der Waals surface area contributed by atoms with Gasteiger partial charge in [0.15, 0.2) is 0 Å². The summed E-state index contributed by atoms with van der Waals surface area (Å²) in [4.78, 5) is 0. The highest BCUT2D eigenvalue weighted by atomic mass is 16.5. The van der Waals surface area contributed by atoms with Crippen molar-refractivity contribution >= 4 is 27.2 Å². The average Bonchev–Trinajstić information content (AvgIpc) is 2.66. The Bertz CT molecular complexity index is 1060. The number of hydrogen-bond acceptors (Lipinski definition) is 3. The number of hydrogen-bond donors (Lipinski definition) is 2.